The average molecular weight is 333 g/mol. The molecule has 0 heterocycles. The normalized spacial score (nSPS) is 19.8. The summed E-state index contributed by atoms with van der Waals surface area (Å²) in [5.41, 5.74) is 0.749. The van der Waals surface area contributed by atoms with Crippen molar-refractivity contribution in [2.24, 2.45) is 5.92 Å². The molecular weight excluding hydrogens is 314 g/mol. The molecule has 0 radical (unpaired) electrons. The third-order valence-corrected chi connectivity index (χ3v) is 5.15. The maximum atomic E-state index is 9.73. The van der Waals surface area contributed by atoms with Crippen LogP contribution in [0.5, 0.6) is 0 Å². The zero-order valence-corrected chi connectivity index (χ0v) is 12.9. The summed E-state index contributed by atoms with van der Waals surface area (Å²) in [4.78, 5) is 0. The molecule has 0 amide bonds. The van der Waals surface area contributed by atoms with Crippen molar-refractivity contribution >= 4 is 33.2 Å². The Morgan fingerprint density at radius 1 is 1.44 bits per heavy atom. The predicted octanol–water partition coefficient (Wildman–Crippen LogP) is 4.46. The van der Waals surface area contributed by atoms with Gasteiger partial charge >= 0.3 is 0 Å². The Morgan fingerprint density at radius 3 is 2.67 bits per heavy atom. The van der Waals surface area contributed by atoms with E-state index in [2.05, 4.69) is 28.2 Å². The summed E-state index contributed by atoms with van der Waals surface area (Å²) in [7, 11) is 0. The molecule has 0 spiro atoms. The van der Waals surface area contributed by atoms with Crippen LogP contribution in [0.3, 0.4) is 0 Å². The summed E-state index contributed by atoms with van der Waals surface area (Å²) in [6, 6.07) is 5.78. The summed E-state index contributed by atoms with van der Waals surface area (Å²) >= 11 is 9.41. The van der Waals surface area contributed by atoms with Gasteiger partial charge in [-0.05, 0) is 59.8 Å². The van der Waals surface area contributed by atoms with Crippen molar-refractivity contribution in [3.05, 3.63) is 27.7 Å². The average Bonchev–Trinajstić information content (AvgIpc) is 2.88. The molecule has 1 fully saturated rings. The highest BCUT2D eigenvalue weighted by Crippen LogP contribution is 2.36. The smallest absolute Gasteiger partial charge is 0.0661 e. The molecule has 1 unspecified atom stereocenters. The molecule has 1 aromatic rings. The molecule has 2 nitrogen and oxygen atoms in total. The van der Waals surface area contributed by atoms with Crippen LogP contribution in [0.2, 0.25) is 5.02 Å². The van der Waals surface area contributed by atoms with Crippen LogP contribution in [0.15, 0.2) is 22.7 Å². The Balaban J connectivity index is 2.15. The minimum absolute atomic E-state index is 0.151. The molecule has 0 bridgehead atoms. The van der Waals surface area contributed by atoms with E-state index in [0.29, 0.717) is 10.9 Å². The Kier molecular flexibility index (Phi) is 4.57. The first-order chi connectivity index (χ1) is 8.55. The van der Waals surface area contributed by atoms with Crippen molar-refractivity contribution < 1.29 is 5.11 Å². The van der Waals surface area contributed by atoms with Gasteiger partial charge in [-0.1, -0.05) is 24.4 Å². The van der Waals surface area contributed by atoms with Crippen LogP contribution in [-0.4, -0.2) is 17.3 Å². The second kappa shape index (κ2) is 5.81. The molecular formula is C14H19BrClNO. The fourth-order valence-corrected chi connectivity index (χ4v) is 3.23. The van der Waals surface area contributed by atoms with Crippen molar-refractivity contribution in [3.8, 4) is 0 Å². The van der Waals surface area contributed by atoms with Gasteiger partial charge < -0.3 is 10.4 Å². The maximum Gasteiger partial charge on any atom is 0.0661 e. The molecule has 0 aliphatic heterocycles. The molecule has 0 saturated heterocycles. The molecule has 1 aliphatic carbocycles. The largest absolute Gasteiger partial charge is 0.394 e. The first-order valence-corrected chi connectivity index (χ1v) is 7.56. The quantitative estimate of drug-likeness (QED) is 0.853. The number of aliphatic hydroxyl groups is 1. The topological polar surface area (TPSA) is 32.3 Å². The van der Waals surface area contributed by atoms with E-state index in [9.17, 15) is 5.11 Å². The van der Waals surface area contributed by atoms with Crippen LogP contribution in [0.25, 0.3) is 0 Å². The molecule has 18 heavy (non-hydrogen) atoms. The third-order valence-electron chi connectivity index (χ3n) is 3.93. The molecule has 4 heteroatoms. The Bertz CT molecular complexity index is 420. The predicted molar refractivity (Wildman–Crippen MR) is 80.2 cm³/mol. The fourth-order valence-electron chi connectivity index (χ4n) is 2.74. The van der Waals surface area contributed by atoms with Crippen LogP contribution in [0, 0.1) is 5.92 Å². The monoisotopic (exact) mass is 331 g/mol. The Labute approximate surface area is 122 Å². The number of hydrogen-bond acceptors (Lipinski definition) is 2. The number of benzene rings is 1. The molecule has 100 valence electrons. The second-order valence-corrected chi connectivity index (χ2v) is 6.57. The highest BCUT2D eigenvalue weighted by atomic mass is 79.9. The molecule has 1 aromatic carbocycles. The summed E-state index contributed by atoms with van der Waals surface area (Å²) < 4.78 is 0.876. The van der Waals surface area contributed by atoms with E-state index >= 15 is 0 Å². The van der Waals surface area contributed by atoms with Crippen molar-refractivity contribution in [2.45, 2.75) is 38.1 Å². The van der Waals surface area contributed by atoms with Gasteiger partial charge in [0.2, 0.25) is 0 Å². The van der Waals surface area contributed by atoms with Gasteiger partial charge in [0, 0.05) is 10.2 Å². The lowest BCUT2D eigenvalue weighted by atomic mass is 9.84. The number of anilines is 1. The van der Waals surface area contributed by atoms with Gasteiger partial charge in [-0.2, -0.15) is 0 Å². The minimum atomic E-state index is -0.246. The van der Waals surface area contributed by atoms with Gasteiger partial charge in [0.05, 0.1) is 17.2 Å². The highest BCUT2D eigenvalue weighted by Gasteiger charge is 2.35. The summed E-state index contributed by atoms with van der Waals surface area (Å²) in [6.07, 6.45) is 4.93. The summed E-state index contributed by atoms with van der Waals surface area (Å²) in [6.45, 7) is 2.25. The van der Waals surface area contributed by atoms with Crippen LogP contribution in [0.1, 0.15) is 32.6 Å². The second-order valence-electron chi connectivity index (χ2n) is 5.31. The maximum absolute atomic E-state index is 9.73. The molecule has 2 rings (SSSR count). The molecule has 1 saturated carbocycles. The standard InChI is InChI=1S/C14H19BrClNO/c1-14(9-18,10-4-2-3-5-10)17-11-6-7-13(16)12(15)8-11/h6-8,10,17-18H,2-5,9H2,1H3. The lowest BCUT2D eigenvalue weighted by molar-refractivity contribution is 0.172. The first kappa shape index (κ1) is 14.2. The zero-order chi connectivity index (χ0) is 13.2. The lowest BCUT2D eigenvalue weighted by Gasteiger charge is -2.36. The van der Waals surface area contributed by atoms with Crippen molar-refractivity contribution in [2.75, 3.05) is 11.9 Å². The minimum Gasteiger partial charge on any atom is -0.394 e. The van der Waals surface area contributed by atoms with Gasteiger partial charge in [-0.25, -0.2) is 0 Å². The van der Waals surface area contributed by atoms with Crippen molar-refractivity contribution in [3.63, 3.8) is 0 Å². The number of aliphatic hydroxyl groups excluding tert-OH is 1. The number of hydrogen-bond donors (Lipinski definition) is 2. The van der Waals surface area contributed by atoms with Gasteiger partial charge in [-0.15, -0.1) is 0 Å². The van der Waals surface area contributed by atoms with Crippen molar-refractivity contribution in [1.29, 1.82) is 0 Å². The summed E-state index contributed by atoms with van der Waals surface area (Å²) in [5, 5.41) is 13.9. The SMILES string of the molecule is CC(CO)(Nc1ccc(Cl)c(Br)c1)C1CCCC1. The Hall–Kier alpha value is -0.250. The van der Waals surface area contributed by atoms with Gasteiger partial charge in [-0.3, -0.25) is 0 Å². The van der Waals surface area contributed by atoms with Crippen LogP contribution < -0.4 is 5.32 Å². The summed E-state index contributed by atoms with van der Waals surface area (Å²) in [5.74, 6) is 0.539. The van der Waals surface area contributed by atoms with Gasteiger partial charge in [0.15, 0.2) is 0 Å². The number of rotatable bonds is 4. The van der Waals surface area contributed by atoms with Crippen LogP contribution >= 0.6 is 27.5 Å². The lowest BCUT2D eigenvalue weighted by Crippen LogP contribution is -2.45. The number of nitrogens with one attached hydrogen (secondary N) is 1. The van der Waals surface area contributed by atoms with E-state index in [1.165, 1.54) is 25.7 Å². The van der Waals surface area contributed by atoms with Crippen LogP contribution in [0.4, 0.5) is 5.69 Å². The van der Waals surface area contributed by atoms with E-state index in [1.807, 2.05) is 18.2 Å². The fraction of sp³-hybridized carbons (Fsp3) is 0.571. The molecule has 1 aliphatic rings. The van der Waals surface area contributed by atoms with Crippen molar-refractivity contribution in [1.82, 2.24) is 0 Å². The first-order valence-electron chi connectivity index (χ1n) is 6.39. The van der Waals surface area contributed by atoms with Gasteiger partial charge in [0.25, 0.3) is 0 Å². The van der Waals surface area contributed by atoms with Gasteiger partial charge in [0.1, 0.15) is 0 Å². The van der Waals surface area contributed by atoms with E-state index in [0.717, 1.165) is 10.2 Å². The molecule has 1 atom stereocenters. The third kappa shape index (κ3) is 3.01. The zero-order valence-electron chi connectivity index (χ0n) is 10.5. The van der Waals surface area contributed by atoms with E-state index in [4.69, 9.17) is 11.6 Å². The van der Waals surface area contributed by atoms with E-state index in [1.54, 1.807) is 0 Å². The Morgan fingerprint density at radius 2 is 2.11 bits per heavy atom. The molecule has 0 aromatic heterocycles. The van der Waals surface area contributed by atoms with E-state index < -0.39 is 0 Å². The number of halogens is 2. The highest BCUT2D eigenvalue weighted by molar-refractivity contribution is 9.10. The molecule has 2 N–H and O–H groups in total. The van der Waals surface area contributed by atoms with E-state index in [-0.39, 0.29) is 12.1 Å². The van der Waals surface area contributed by atoms with Crippen LogP contribution in [-0.2, 0) is 0 Å².